The lowest BCUT2D eigenvalue weighted by molar-refractivity contribution is -0.131. The summed E-state index contributed by atoms with van der Waals surface area (Å²) in [5.41, 5.74) is 2.85. The van der Waals surface area contributed by atoms with E-state index in [2.05, 4.69) is 0 Å². The van der Waals surface area contributed by atoms with Crippen LogP contribution in [-0.4, -0.2) is 11.1 Å². The molecule has 0 spiro atoms. The minimum atomic E-state index is -0.922. The van der Waals surface area contributed by atoms with E-state index in [1.807, 2.05) is 48.7 Å². The third kappa shape index (κ3) is 2.82. The average molecular weight is 244 g/mol. The van der Waals surface area contributed by atoms with Crippen LogP contribution in [0.5, 0.6) is 0 Å². The monoisotopic (exact) mass is 244 g/mol. The highest BCUT2D eigenvalue weighted by Gasteiger charge is 2.07. The van der Waals surface area contributed by atoms with Crippen molar-refractivity contribution < 1.29 is 9.90 Å². The normalized spacial score (nSPS) is 11.5. The zero-order valence-corrected chi connectivity index (χ0v) is 10.2. The van der Waals surface area contributed by atoms with Gasteiger partial charge in [0.2, 0.25) is 0 Å². The lowest BCUT2D eigenvalue weighted by Crippen LogP contribution is -1.93. The Morgan fingerprint density at radius 1 is 1.24 bits per heavy atom. The Bertz CT molecular complexity index is 536. The smallest absolute Gasteiger partial charge is 0.328 e. The summed E-state index contributed by atoms with van der Waals surface area (Å²) in [6.45, 7) is 2.01. The minimum Gasteiger partial charge on any atom is -0.478 e. The first-order valence-electron chi connectivity index (χ1n) is 5.22. The van der Waals surface area contributed by atoms with Gasteiger partial charge in [-0.3, -0.25) is 0 Å². The summed E-state index contributed by atoms with van der Waals surface area (Å²) in [6.07, 6.45) is 1.26. The van der Waals surface area contributed by atoms with E-state index in [1.54, 1.807) is 11.3 Å². The van der Waals surface area contributed by atoms with Crippen LogP contribution in [0.3, 0.4) is 0 Å². The summed E-state index contributed by atoms with van der Waals surface area (Å²) >= 11 is 1.54. The summed E-state index contributed by atoms with van der Waals surface area (Å²) < 4.78 is 0. The molecule has 0 saturated heterocycles. The van der Waals surface area contributed by atoms with E-state index in [0.29, 0.717) is 0 Å². The first kappa shape index (κ1) is 11.6. The fraction of sp³-hybridized carbons (Fsp3) is 0.0714. The molecule has 0 aliphatic rings. The number of thiophene rings is 1. The Morgan fingerprint density at radius 2 is 1.94 bits per heavy atom. The van der Waals surface area contributed by atoms with Gasteiger partial charge in [-0.25, -0.2) is 4.79 Å². The van der Waals surface area contributed by atoms with Gasteiger partial charge < -0.3 is 5.11 Å². The Hall–Kier alpha value is -1.87. The Kier molecular flexibility index (Phi) is 3.40. The lowest BCUT2D eigenvalue weighted by Gasteiger charge is -2.05. The second-order valence-electron chi connectivity index (χ2n) is 3.74. The number of hydrogen-bond acceptors (Lipinski definition) is 2. The van der Waals surface area contributed by atoms with Crippen molar-refractivity contribution in [1.29, 1.82) is 0 Å². The van der Waals surface area contributed by atoms with Gasteiger partial charge in [-0.05, 0) is 23.9 Å². The van der Waals surface area contributed by atoms with Crippen LogP contribution in [0.15, 0.2) is 47.9 Å². The standard InChI is InChI=1S/C14H12O2S/c1-10-4-6-11(7-5-10)12(9-14(15)16)13-3-2-8-17-13/h2-9H,1H3,(H,15,16)/b12-9+. The summed E-state index contributed by atoms with van der Waals surface area (Å²) in [5, 5.41) is 10.9. The maximum atomic E-state index is 10.9. The van der Waals surface area contributed by atoms with Gasteiger partial charge in [0.15, 0.2) is 0 Å². The highest BCUT2D eigenvalue weighted by molar-refractivity contribution is 7.11. The molecule has 17 heavy (non-hydrogen) atoms. The number of benzene rings is 1. The highest BCUT2D eigenvalue weighted by Crippen LogP contribution is 2.27. The van der Waals surface area contributed by atoms with Crippen molar-refractivity contribution in [2.75, 3.05) is 0 Å². The fourth-order valence-corrected chi connectivity index (χ4v) is 2.35. The van der Waals surface area contributed by atoms with Crippen LogP contribution in [0, 0.1) is 6.92 Å². The molecule has 2 rings (SSSR count). The third-order valence-electron chi connectivity index (χ3n) is 2.42. The largest absolute Gasteiger partial charge is 0.478 e. The molecule has 0 amide bonds. The van der Waals surface area contributed by atoms with Crippen LogP contribution in [0.2, 0.25) is 0 Å². The van der Waals surface area contributed by atoms with Gasteiger partial charge in [-0.2, -0.15) is 0 Å². The van der Waals surface area contributed by atoms with E-state index in [9.17, 15) is 4.79 Å². The first-order chi connectivity index (χ1) is 8.16. The van der Waals surface area contributed by atoms with Gasteiger partial charge in [0.25, 0.3) is 0 Å². The SMILES string of the molecule is Cc1ccc(/C(=C\C(=O)O)c2cccs2)cc1. The van der Waals surface area contributed by atoms with Crippen molar-refractivity contribution in [2.45, 2.75) is 6.92 Å². The molecule has 1 aromatic carbocycles. The maximum Gasteiger partial charge on any atom is 0.328 e. The van der Waals surface area contributed by atoms with Gasteiger partial charge in [-0.15, -0.1) is 11.3 Å². The Labute approximate surface area is 104 Å². The number of carbonyl (C=O) groups is 1. The average Bonchev–Trinajstić information content (AvgIpc) is 2.80. The van der Waals surface area contributed by atoms with Crippen molar-refractivity contribution in [3.8, 4) is 0 Å². The van der Waals surface area contributed by atoms with Crippen LogP contribution in [0.1, 0.15) is 16.0 Å². The van der Waals surface area contributed by atoms with Crippen LogP contribution in [-0.2, 0) is 4.79 Å². The summed E-state index contributed by atoms with van der Waals surface area (Å²) in [7, 11) is 0. The molecule has 0 saturated carbocycles. The molecule has 0 atom stereocenters. The number of aryl methyl sites for hydroxylation is 1. The molecule has 2 aromatic rings. The van der Waals surface area contributed by atoms with Crippen LogP contribution < -0.4 is 0 Å². The Morgan fingerprint density at radius 3 is 2.47 bits per heavy atom. The molecule has 0 radical (unpaired) electrons. The molecule has 0 fully saturated rings. The number of aliphatic carboxylic acids is 1. The summed E-state index contributed by atoms with van der Waals surface area (Å²) in [4.78, 5) is 11.8. The van der Waals surface area contributed by atoms with Gasteiger partial charge in [0.1, 0.15) is 0 Å². The van der Waals surface area contributed by atoms with E-state index in [4.69, 9.17) is 5.11 Å². The molecule has 3 heteroatoms. The van der Waals surface area contributed by atoms with Gasteiger partial charge in [-0.1, -0.05) is 35.9 Å². The molecule has 1 N–H and O–H groups in total. The van der Waals surface area contributed by atoms with Crippen LogP contribution in [0.25, 0.3) is 5.57 Å². The van der Waals surface area contributed by atoms with Gasteiger partial charge >= 0.3 is 5.97 Å². The first-order valence-corrected chi connectivity index (χ1v) is 6.10. The number of carboxylic acid groups (broad SMARTS) is 1. The molecule has 0 aliphatic heterocycles. The second kappa shape index (κ2) is 4.97. The van der Waals surface area contributed by atoms with Crippen LogP contribution in [0.4, 0.5) is 0 Å². The predicted octanol–water partition coefficient (Wildman–Crippen LogP) is 3.57. The molecule has 1 aromatic heterocycles. The van der Waals surface area contributed by atoms with Crippen LogP contribution >= 0.6 is 11.3 Å². The molecule has 1 heterocycles. The Balaban J connectivity index is 2.48. The second-order valence-corrected chi connectivity index (χ2v) is 4.69. The lowest BCUT2D eigenvalue weighted by atomic mass is 10.0. The van der Waals surface area contributed by atoms with Crippen molar-refractivity contribution in [2.24, 2.45) is 0 Å². The zero-order chi connectivity index (χ0) is 12.3. The van der Waals surface area contributed by atoms with E-state index in [0.717, 1.165) is 21.6 Å². The van der Waals surface area contributed by atoms with Crippen molar-refractivity contribution in [1.82, 2.24) is 0 Å². The number of rotatable bonds is 3. The topological polar surface area (TPSA) is 37.3 Å². The van der Waals surface area contributed by atoms with E-state index in [1.165, 1.54) is 6.08 Å². The number of hydrogen-bond donors (Lipinski definition) is 1. The molecule has 86 valence electrons. The predicted molar refractivity (Wildman–Crippen MR) is 70.2 cm³/mol. The number of carboxylic acids is 1. The van der Waals surface area contributed by atoms with E-state index < -0.39 is 5.97 Å². The molecule has 0 aliphatic carbocycles. The molecular formula is C14H12O2S. The van der Waals surface area contributed by atoms with E-state index in [-0.39, 0.29) is 0 Å². The van der Waals surface area contributed by atoms with Gasteiger partial charge in [0.05, 0.1) is 0 Å². The van der Waals surface area contributed by atoms with E-state index >= 15 is 0 Å². The molecule has 2 nitrogen and oxygen atoms in total. The van der Waals surface area contributed by atoms with Gasteiger partial charge in [0, 0.05) is 16.5 Å². The summed E-state index contributed by atoms with van der Waals surface area (Å²) in [5.74, 6) is -0.922. The molecule has 0 bridgehead atoms. The van der Waals surface area contributed by atoms with Crippen molar-refractivity contribution in [3.05, 3.63) is 63.9 Å². The maximum absolute atomic E-state index is 10.9. The summed E-state index contributed by atoms with van der Waals surface area (Å²) in [6, 6.07) is 11.7. The van der Waals surface area contributed by atoms with Crippen molar-refractivity contribution in [3.63, 3.8) is 0 Å². The fourth-order valence-electron chi connectivity index (χ4n) is 1.59. The minimum absolute atomic E-state index is 0.757. The van der Waals surface area contributed by atoms with Crippen molar-refractivity contribution >= 4 is 22.9 Å². The highest BCUT2D eigenvalue weighted by atomic mass is 32.1. The molecule has 0 unspecified atom stereocenters. The zero-order valence-electron chi connectivity index (χ0n) is 9.38. The molecular weight excluding hydrogens is 232 g/mol. The third-order valence-corrected chi connectivity index (χ3v) is 3.32. The quantitative estimate of drug-likeness (QED) is 0.838.